The predicted octanol–water partition coefficient (Wildman–Crippen LogP) is 2.27. The third kappa shape index (κ3) is 4.30. The van der Waals surface area contributed by atoms with E-state index in [1.54, 1.807) is 0 Å². The highest BCUT2D eigenvalue weighted by Crippen LogP contribution is 2.21. The predicted molar refractivity (Wildman–Crippen MR) is 84.2 cm³/mol. The van der Waals surface area contributed by atoms with Crippen molar-refractivity contribution in [2.75, 3.05) is 39.3 Å². The van der Waals surface area contributed by atoms with E-state index in [1.807, 2.05) is 0 Å². The number of nitrogens with one attached hydrogen (secondary N) is 1. The Balaban J connectivity index is 1.77. The van der Waals surface area contributed by atoms with Crippen molar-refractivity contribution < 1.29 is 4.74 Å². The molecule has 1 saturated heterocycles. The van der Waals surface area contributed by atoms with Crippen LogP contribution in [0, 0.1) is 0 Å². The molecule has 0 bridgehead atoms. The van der Waals surface area contributed by atoms with Gasteiger partial charge in [0.2, 0.25) is 0 Å². The van der Waals surface area contributed by atoms with Crippen molar-refractivity contribution in [2.24, 2.45) is 0 Å². The minimum atomic E-state index is 0.153. The molecular weight excluding hydrogens is 248 g/mol. The van der Waals surface area contributed by atoms with Gasteiger partial charge in [-0.15, -0.1) is 0 Å². The normalized spacial score (nSPS) is 21.1. The zero-order valence-corrected chi connectivity index (χ0v) is 13.1. The van der Waals surface area contributed by atoms with Crippen LogP contribution in [0.4, 0.5) is 0 Å². The van der Waals surface area contributed by atoms with Crippen LogP contribution in [-0.2, 0) is 10.2 Å². The summed E-state index contributed by atoms with van der Waals surface area (Å²) in [4.78, 5) is 2.46. The fourth-order valence-corrected chi connectivity index (χ4v) is 2.73. The van der Waals surface area contributed by atoms with Gasteiger partial charge >= 0.3 is 0 Å². The van der Waals surface area contributed by atoms with Crippen LogP contribution in [0.25, 0.3) is 0 Å². The van der Waals surface area contributed by atoms with Crippen LogP contribution in [0.2, 0.25) is 0 Å². The fourth-order valence-electron chi connectivity index (χ4n) is 2.73. The molecule has 0 aromatic heterocycles. The van der Waals surface area contributed by atoms with E-state index in [4.69, 9.17) is 4.74 Å². The van der Waals surface area contributed by atoms with Gasteiger partial charge in [-0.2, -0.15) is 0 Å². The van der Waals surface area contributed by atoms with E-state index >= 15 is 0 Å². The fraction of sp³-hybridized carbons (Fsp3) is 0.647. The number of benzene rings is 1. The maximum atomic E-state index is 5.83. The van der Waals surface area contributed by atoms with Crippen LogP contribution >= 0.6 is 0 Å². The van der Waals surface area contributed by atoms with E-state index in [9.17, 15) is 0 Å². The monoisotopic (exact) mass is 276 g/mol. The number of morpholine rings is 1. The first-order valence-corrected chi connectivity index (χ1v) is 7.72. The zero-order valence-electron chi connectivity index (χ0n) is 13.1. The van der Waals surface area contributed by atoms with Gasteiger partial charge in [-0.25, -0.2) is 0 Å². The van der Waals surface area contributed by atoms with E-state index in [0.29, 0.717) is 6.10 Å². The molecule has 0 radical (unpaired) electrons. The van der Waals surface area contributed by atoms with E-state index in [1.165, 1.54) is 5.56 Å². The average molecular weight is 276 g/mol. The molecule has 1 aliphatic heterocycles. The quantitative estimate of drug-likeness (QED) is 0.862. The molecule has 3 nitrogen and oxygen atoms in total. The second kappa shape index (κ2) is 7.21. The lowest BCUT2D eigenvalue weighted by molar-refractivity contribution is -0.0255. The lowest BCUT2D eigenvalue weighted by Gasteiger charge is -2.33. The molecule has 0 amide bonds. The maximum absolute atomic E-state index is 5.83. The maximum Gasteiger partial charge on any atom is 0.0826 e. The number of hydrogen-bond donors (Lipinski definition) is 1. The average Bonchev–Trinajstić information content (AvgIpc) is 2.48. The summed E-state index contributed by atoms with van der Waals surface area (Å²) in [6, 6.07) is 10.7. The molecular formula is C17H28N2O. The van der Waals surface area contributed by atoms with Gasteiger partial charge in [-0.1, -0.05) is 51.1 Å². The van der Waals surface area contributed by atoms with E-state index in [2.05, 4.69) is 61.3 Å². The molecule has 0 spiro atoms. The van der Waals surface area contributed by atoms with Crippen LogP contribution in [0.5, 0.6) is 0 Å². The standard InChI is InChI=1S/C17H28N2O/c1-4-19-10-11-20-16(13-19)12-18-14-17(2,3)15-8-6-5-7-9-15/h5-9,16,18H,4,10-14H2,1-3H3. The van der Waals surface area contributed by atoms with Crippen molar-refractivity contribution in [1.29, 1.82) is 0 Å². The molecule has 0 aliphatic carbocycles. The van der Waals surface area contributed by atoms with Gasteiger partial charge < -0.3 is 10.1 Å². The number of nitrogens with zero attached hydrogens (tertiary/aromatic N) is 1. The molecule has 1 aromatic carbocycles. The Bertz CT molecular complexity index is 391. The Morgan fingerprint density at radius 1 is 1.30 bits per heavy atom. The van der Waals surface area contributed by atoms with Crippen LogP contribution in [0.1, 0.15) is 26.3 Å². The van der Waals surface area contributed by atoms with Crippen LogP contribution in [-0.4, -0.2) is 50.3 Å². The molecule has 1 aromatic rings. The first-order valence-electron chi connectivity index (χ1n) is 7.72. The van der Waals surface area contributed by atoms with Gasteiger partial charge in [0.05, 0.1) is 12.7 Å². The Hall–Kier alpha value is -0.900. The number of likely N-dealkylation sites (N-methyl/N-ethyl adjacent to an activating group) is 1. The third-order valence-electron chi connectivity index (χ3n) is 4.16. The molecule has 1 N–H and O–H groups in total. The summed E-state index contributed by atoms with van der Waals surface area (Å²) in [5.74, 6) is 0. The van der Waals surface area contributed by atoms with Crippen molar-refractivity contribution in [3.63, 3.8) is 0 Å². The molecule has 1 heterocycles. The van der Waals surface area contributed by atoms with Gasteiger partial charge in [0.25, 0.3) is 0 Å². The molecule has 20 heavy (non-hydrogen) atoms. The van der Waals surface area contributed by atoms with E-state index in [0.717, 1.165) is 39.3 Å². The van der Waals surface area contributed by atoms with Gasteiger partial charge in [-0.3, -0.25) is 4.90 Å². The summed E-state index contributed by atoms with van der Waals surface area (Å²) in [5, 5.41) is 3.59. The first-order chi connectivity index (χ1) is 9.62. The molecule has 1 aliphatic rings. The Labute approximate surface area is 123 Å². The second-order valence-corrected chi connectivity index (χ2v) is 6.27. The van der Waals surface area contributed by atoms with Crippen LogP contribution in [0.3, 0.4) is 0 Å². The topological polar surface area (TPSA) is 24.5 Å². The van der Waals surface area contributed by atoms with Crippen molar-refractivity contribution in [1.82, 2.24) is 10.2 Å². The number of hydrogen-bond acceptors (Lipinski definition) is 3. The van der Waals surface area contributed by atoms with Crippen molar-refractivity contribution in [3.8, 4) is 0 Å². The highest BCUT2D eigenvalue weighted by Gasteiger charge is 2.22. The molecule has 3 heteroatoms. The highest BCUT2D eigenvalue weighted by molar-refractivity contribution is 5.23. The molecule has 1 unspecified atom stereocenters. The van der Waals surface area contributed by atoms with E-state index < -0.39 is 0 Å². The zero-order chi connectivity index (χ0) is 14.4. The van der Waals surface area contributed by atoms with Crippen molar-refractivity contribution in [2.45, 2.75) is 32.3 Å². The van der Waals surface area contributed by atoms with Gasteiger partial charge in [-0.05, 0) is 12.1 Å². The summed E-state index contributed by atoms with van der Waals surface area (Å²) in [6.07, 6.45) is 0.329. The molecule has 1 fully saturated rings. The summed E-state index contributed by atoms with van der Waals surface area (Å²) >= 11 is 0. The molecule has 1 atom stereocenters. The molecule has 2 rings (SSSR count). The number of ether oxygens (including phenoxy) is 1. The largest absolute Gasteiger partial charge is 0.374 e. The first kappa shape index (κ1) is 15.5. The van der Waals surface area contributed by atoms with Gasteiger partial charge in [0.1, 0.15) is 0 Å². The third-order valence-corrected chi connectivity index (χ3v) is 4.16. The minimum absolute atomic E-state index is 0.153. The lowest BCUT2D eigenvalue weighted by atomic mass is 9.84. The molecule has 112 valence electrons. The van der Waals surface area contributed by atoms with Crippen LogP contribution < -0.4 is 5.32 Å². The van der Waals surface area contributed by atoms with Crippen LogP contribution in [0.15, 0.2) is 30.3 Å². The summed E-state index contributed by atoms with van der Waals surface area (Å²) in [7, 11) is 0. The summed E-state index contributed by atoms with van der Waals surface area (Å²) < 4.78 is 5.83. The lowest BCUT2D eigenvalue weighted by Crippen LogP contribution is -2.47. The summed E-state index contributed by atoms with van der Waals surface area (Å²) in [5.41, 5.74) is 1.53. The molecule has 0 saturated carbocycles. The Morgan fingerprint density at radius 3 is 2.75 bits per heavy atom. The minimum Gasteiger partial charge on any atom is -0.374 e. The van der Waals surface area contributed by atoms with Crippen molar-refractivity contribution in [3.05, 3.63) is 35.9 Å². The Kier molecular flexibility index (Phi) is 5.58. The summed E-state index contributed by atoms with van der Waals surface area (Å²) in [6.45, 7) is 12.8. The number of rotatable bonds is 6. The van der Waals surface area contributed by atoms with E-state index in [-0.39, 0.29) is 5.41 Å². The van der Waals surface area contributed by atoms with Gasteiger partial charge in [0.15, 0.2) is 0 Å². The second-order valence-electron chi connectivity index (χ2n) is 6.27. The smallest absolute Gasteiger partial charge is 0.0826 e. The highest BCUT2D eigenvalue weighted by atomic mass is 16.5. The SMILES string of the molecule is CCN1CCOC(CNCC(C)(C)c2ccccc2)C1. The van der Waals surface area contributed by atoms with Gasteiger partial charge in [0, 0.05) is 31.6 Å². The van der Waals surface area contributed by atoms with Crippen molar-refractivity contribution >= 4 is 0 Å². The Morgan fingerprint density at radius 2 is 2.05 bits per heavy atom.